The van der Waals surface area contributed by atoms with Gasteiger partial charge in [0.1, 0.15) is 10.3 Å². The molecule has 0 aliphatic carbocycles. The zero-order chi connectivity index (χ0) is 23.5. The number of fused-ring (bicyclic) bond motifs is 4. The van der Waals surface area contributed by atoms with Crippen molar-refractivity contribution < 1.29 is 19.5 Å². The van der Waals surface area contributed by atoms with Crippen LogP contribution in [0.5, 0.6) is 0 Å². The van der Waals surface area contributed by atoms with Crippen molar-refractivity contribution in [1.29, 1.82) is 0 Å². The van der Waals surface area contributed by atoms with Crippen LogP contribution in [-0.2, 0) is 15.0 Å². The number of halogens is 1. The van der Waals surface area contributed by atoms with Crippen LogP contribution in [0.25, 0.3) is 11.1 Å². The molecule has 6 nitrogen and oxygen atoms in total. The number of hydrogen-bond donors (Lipinski definition) is 2. The number of carbonyl (C=O) groups excluding carboxylic acids is 2. The number of hydrogen-bond acceptors (Lipinski definition) is 4. The lowest BCUT2D eigenvalue weighted by Crippen LogP contribution is -2.46. The summed E-state index contributed by atoms with van der Waals surface area (Å²) in [6.45, 7) is 4.52. The number of carbonyl (C=O) groups is 3. The topological polar surface area (TPSA) is 86.7 Å². The number of nitrogens with one attached hydrogen (secondary N) is 1. The van der Waals surface area contributed by atoms with Gasteiger partial charge in [-0.3, -0.25) is 9.59 Å². The molecule has 33 heavy (non-hydrogen) atoms. The first-order valence-electron chi connectivity index (χ1n) is 10.6. The Balaban J connectivity index is 1.84. The first-order valence-corrected chi connectivity index (χ1v) is 11.8. The van der Waals surface area contributed by atoms with Crippen LogP contribution in [0.15, 0.2) is 48.5 Å². The molecule has 1 atom stereocenters. The van der Waals surface area contributed by atoms with E-state index in [2.05, 4.69) is 5.32 Å². The van der Waals surface area contributed by atoms with Crippen LogP contribution in [-0.4, -0.2) is 29.4 Å². The standard InChI is InChI=1S/C25H21ClN2O4S/c1-13(2)12-28-17-9-8-15(26)10-16(17)25(24(28)32)11-18(29)27-20-19(14-6-4-3-5-7-14)21(23(30)31)33-22(20)25/h3-10,13H,11-12H2,1-2H3,(H,27,29)(H,30,31)/t25-/m0/s1. The zero-order valence-electron chi connectivity index (χ0n) is 18.0. The van der Waals surface area contributed by atoms with Crippen molar-refractivity contribution in [1.82, 2.24) is 0 Å². The molecule has 2 N–H and O–H groups in total. The third kappa shape index (κ3) is 3.18. The molecule has 8 heteroatoms. The van der Waals surface area contributed by atoms with Crippen molar-refractivity contribution in [3.63, 3.8) is 0 Å². The number of nitrogens with zero attached hydrogens (tertiary/aromatic N) is 1. The van der Waals surface area contributed by atoms with Gasteiger partial charge >= 0.3 is 5.97 Å². The largest absolute Gasteiger partial charge is 0.477 e. The molecular weight excluding hydrogens is 460 g/mol. The molecule has 168 valence electrons. The molecule has 3 heterocycles. The lowest BCUT2D eigenvalue weighted by atomic mass is 9.74. The normalized spacial score (nSPS) is 19.1. The summed E-state index contributed by atoms with van der Waals surface area (Å²) in [7, 11) is 0. The van der Waals surface area contributed by atoms with Crippen LogP contribution in [0.1, 0.15) is 40.4 Å². The van der Waals surface area contributed by atoms with E-state index in [1.807, 2.05) is 38.1 Å². The Labute approximate surface area is 199 Å². The van der Waals surface area contributed by atoms with Gasteiger partial charge in [-0.2, -0.15) is 0 Å². The predicted octanol–water partition coefficient (Wildman–Crippen LogP) is 5.40. The van der Waals surface area contributed by atoms with Crippen LogP contribution < -0.4 is 10.2 Å². The van der Waals surface area contributed by atoms with Gasteiger partial charge in [-0.25, -0.2) is 4.79 Å². The summed E-state index contributed by atoms with van der Waals surface area (Å²) >= 11 is 7.40. The average Bonchev–Trinajstić information content (AvgIpc) is 3.25. The molecule has 2 aliphatic heterocycles. The van der Waals surface area contributed by atoms with Crippen molar-refractivity contribution >= 4 is 52.1 Å². The Hall–Kier alpha value is -3.16. The summed E-state index contributed by atoms with van der Waals surface area (Å²) in [5.41, 5.74) is 1.54. The minimum Gasteiger partial charge on any atom is -0.477 e. The van der Waals surface area contributed by atoms with Gasteiger partial charge in [-0.1, -0.05) is 55.8 Å². The smallest absolute Gasteiger partial charge is 0.346 e. The van der Waals surface area contributed by atoms with Gasteiger partial charge < -0.3 is 15.3 Å². The van der Waals surface area contributed by atoms with Gasteiger partial charge in [0.2, 0.25) is 11.8 Å². The van der Waals surface area contributed by atoms with E-state index >= 15 is 0 Å². The molecule has 2 aromatic carbocycles. The molecule has 0 fully saturated rings. The quantitative estimate of drug-likeness (QED) is 0.523. The molecule has 0 saturated carbocycles. The summed E-state index contributed by atoms with van der Waals surface area (Å²) in [5, 5.41) is 13.4. The van der Waals surface area contributed by atoms with Gasteiger partial charge in [-0.05, 0) is 35.2 Å². The highest BCUT2D eigenvalue weighted by Gasteiger charge is 2.58. The maximum atomic E-state index is 14.1. The molecule has 0 radical (unpaired) electrons. The molecule has 1 spiro atoms. The van der Waals surface area contributed by atoms with Crippen LogP contribution in [0, 0.1) is 5.92 Å². The van der Waals surface area contributed by atoms with Gasteiger partial charge in [0.05, 0.1) is 17.0 Å². The fourth-order valence-electron chi connectivity index (χ4n) is 4.86. The first-order chi connectivity index (χ1) is 15.7. The SMILES string of the molecule is CC(C)CN1C(=O)[C@@]2(CC(=O)Nc3c2sc(C(=O)O)c3-c2ccccc2)c2cc(Cl)ccc21. The van der Waals surface area contributed by atoms with Crippen molar-refractivity contribution in [3.05, 3.63) is 68.9 Å². The number of amides is 2. The second-order valence-electron chi connectivity index (χ2n) is 8.78. The van der Waals surface area contributed by atoms with E-state index in [9.17, 15) is 19.5 Å². The van der Waals surface area contributed by atoms with Gasteiger partial charge in [0.15, 0.2) is 0 Å². The van der Waals surface area contributed by atoms with Crippen molar-refractivity contribution in [2.75, 3.05) is 16.8 Å². The second kappa shape index (κ2) is 7.71. The molecule has 2 amide bonds. The van der Waals surface area contributed by atoms with Crippen LogP contribution in [0.3, 0.4) is 0 Å². The molecule has 0 bridgehead atoms. The molecule has 0 saturated heterocycles. The van der Waals surface area contributed by atoms with Crippen LogP contribution in [0.2, 0.25) is 5.02 Å². The maximum Gasteiger partial charge on any atom is 0.346 e. The van der Waals surface area contributed by atoms with Crippen molar-refractivity contribution in [2.45, 2.75) is 25.7 Å². The summed E-state index contributed by atoms with van der Waals surface area (Å²) in [6, 6.07) is 14.3. The lowest BCUT2D eigenvalue weighted by Gasteiger charge is -2.33. The number of thiophene rings is 1. The monoisotopic (exact) mass is 480 g/mol. The number of anilines is 2. The third-order valence-electron chi connectivity index (χ3n) is 6.11. The highest BCUT2D eigenvalue weighted by molar-refractivity contribution is 7.15. The number of aromatic carboxylic acids is 1. The number of benzene rings is 2. The minimum atomic E-state index is -1.31. The molecule has 1 aromatic heterocycles. The molecule has 2 aliphatic rings. The van der Waals surface area contributed by atoms with E-state index in [0.717, 1.165) is 11.3 Å². The Morgan fingerprint density at radius 3 is 2.61 bits per heavy atom. The number of rotatable bonds is 4. The first kappa shape index (κ1) is 21.7. The Morgan fingerprint density at radius 1 is 1.21 bits per heavy atom. The highest BCUT2D eigenvalue weighted by Crippen LogP contribution is 2.58. The lowest BCUT2D eigenvalue weighted by molar-refractivity contribution is -0.126. The van der Waals surface area contributed by atoms with Gasteiger partial charge in [-0.15, -0.1) is 11.3 Å². The number of carboxylic acids is 1. The summed E-state index contributed by atoms with van der Waals surface area (Å²) in [5.74, 6) is -1.46. The molecular formula is C25H21ClN2O4S. The van der Waals surface area contributed by atoms with Gasteiger partial charge in [0, 0.05) is 22.8 Å². The average molecular weight is 481 g/mol. The van der Waals surface area contributed by atoms with Crippen LogP contribution in [0.4, 0.5) is 11.4 Å². The summed E-state index contributed by atoms with van der Waals surface area (Å²) < 4.78 is 0. The minimum absolute atomic E-state index is 0.0893. The Morgan fingerprint density at radius 2 is 1.94 bits per heavy atom. The Kier molecular flexibility index (Phi) is 5.06. The van der Waals surface area contributed by atoms with E-state index in [4.69, 9.17) is 11.6 Å². The Bertz CT molecular complexity index is 1320. The fourth-order valence-corrected chi connectivity index (χ4v) is 6.35. The third-order valence-corrected chi connectivity index (χ3v) is 7.68. The molecule has 3 aromatic rings. The summed E-state index contributed by atoms with van der Waals surface area (Å²) in [4.78, 5) is 41.8. The maximum absolute atomic E-state index is 14.1. The predicted molar refractivity (Wildman–Crippen MR) is 129 cm³/mol. The van der Waals surface area contributed by atoms with Crippen LogP contribution >= 0.6 is 22.9 Å². The van der Waals surface area contributed by atoms with Crippen molar-refractivity contribution in [2.24, 2.45) is 5.92 Å². The van der Waals surface area contributed by atoms with E-state index in [1.54, 1.807) is 29.2 Å². The second-order valence-corrected chi connectivity index (χ2v) is 10.2. The number of carboxylic acid groups (broad SMARTS) is 1. The molecule has 5 rings (SSSR count). The molecule has 0 unspecified atom stereocenters. The van der Waals surface area contributed by atoms with E-state index in [0.29, 0.717) is 44.5 Å². The zero-order valence-corrected chi connectivity index (χ0v) is 19.6. The van der Waals surface area contributed by atoms with E-state index in [-0.39, 0.29) is 29.0 Å². The highest BCUT2D eigenvalue weighted by atomic mass is 35.5. The fraction of sp³-hybridized carbons (Fsp3) is 0.240. The summed E-state index contributed by atoms with van der Waals surface area (Å²) in [6.07, 6.45) is -0.103. The van der Waals surface area contributed by atoms with E-state index in [1.165, 1.54) is 0 Å². The van der Waals surface area contributed by atoms with E-state index < -0.39 is 11.4 Å². The van der Waals surface area contributed by atoms with Gasteiger partial charge in [0.25, 0.3) is 0 Å². The van der Waals surface area contributed by atoms with Crippen molar-refractivity contribution in [3.8, 4) is 11.1 Å².